The number of hydrogen-bond donors (Lipinski definition) is 2. The maximum absolute atomic E-state index is 12.5. The fraction of sp³-hybridized carbons (Fsp3) is 0.350. The van der Waals surface area contributed by atoms with Crippen molar-refractivity contribution in [2.24, 2.45) is 0 Å². The molecule has 0 saturated carbocycles. The molecule has 2 amide bonds. The zero-order valence-electron chi connectivity index (χ0n) is 14.8. The number of aromatic nitrogens is 1. The van der Waals surface area contributed by atoms with Crippen LogP contribution < -0.4 is 10.9 Å². The molecule has 2 aromatic rings. The highest BCUT2D eigenvalue weighted by Crippen LogP contribution is 2.14. The van der Waals surface area contributed by atoms with Crippen molar-refractivity contribution < 1.29 is 9.59 Å². The molecule has 0 bridgehead atoms. The van der Waals surface area contributed by atoms with E-state index in [1.54, 1.807) is 4.90 Å². The zero-order valence-corrected chi connectivity index (χ0v) is 14.8. The van der Waals surface area contributed by atoms with Gasteiger partial charge in [-0.1, -0.05) is 37.3 Å². The molecule has 2 N–H and O–H groups in total. The van der Waals surface area contributed by atoms with Gasteiger partial charge in [0.2, 0.25) is 11.5 Å². The van der Waals surface area contributed by atoms with Crippen molar-refractivity contribution in [3.05, 3.63) is 69.6 Å². The van der Waals surface area contributed by atoms with Gasteiger partial charge in [0.15, 0.2) is 0 Å². The molecule has 0 aliphatic carbocycles. The third-order valence-electron chi connectivity index (χ3n) is 4.66. The van der Waals surface area contributed by atoms with Crippen molar-refractivity contribution in [1.29, 1.82) is 0 Å². The molecule has 0 radical (unpaired) electrons. The number of nitrogens with one attached hydrogen (secondary N) is 2. The van der Waals surface area contributed by atoms with Crippen molar-refractivity contribution in [3.63, 3.8) is 0 Å². The van der Waals surface area contributed by atoms with Crippen molar-refractivity contribution in [3.8, 4) is 0 Å². The topological polar surface area (TPSA) is 82.3 Å². The summed E-state index contributed by atoms with van der Waals surface area (Å²) in [6, 6.07) is 12.7. The summed E-state index contributed by atoms with van der Waals surface area (Å²) in [7, 11) is 0. The lowest BCUT2D eigenvalue weighted by atomic mass is 10.1. The van der Waals surface area contributed by atoms with Crippen LogP contribution in [0.1, 0.15) is 35.0 Å². The molecule has 1 fully saturated rings. The van der Waals surface area contributed by atoms with Gasteiger partial charge in [-0.05, 0) is 24.5 Å². The Bertz CT molecular complexity index is 845. The Kier molecular flexibility index (Phi) is 5.51. The molecule has 3 rings (SSSR count). The minimum Gasteiger partial charge on any atom is -0.347 e. The average Bonchev–Trinajstić information content (AvgIpc) is 2.99. The highest BCUT2D eigenvalue weighted by Gasteiger charge is 2.30. The van der Waals surface area contributed by atoms with E-state index >= 15 is 0 Å². The molecule has 1 aliphatic heterocycles. The van der Waals surface area contributed by atoms with Crippen LogP contribution in [0.15, 0.2) is 47.3 Å². The summed E-state index contributed by atoms with van der Waals surface area (Å²) in [5.74, 6) is -0.191. The monoisotopic (exact) mass is 353 g/mol. The molecule has 1 atom stereocenters. The van der Waals surface area contributed by atoms with E-state index in [1.807, 2.05) is 37.3 Å². The van der Waals surface area contributed by atoms with Gasteiger partial charge in [0, 0.05) is 31.3 Å². The number of nitrogens with zero attached hydrogens (tertiary/aromatic N) is 1. The third-order valence-corrected chi connectivity index (χ3v) is 4.66. The smallest absolute Gasteiger partial charge is 0.253 e. The number of aryl methyl sites for hydroxylation is 1. The molecule has 2 heterocycles. The maximum atomic E-state index is 12.5. The van der Waals surface area contributed by atoms with E-state index in [9.17, 15) is 14.4 Å². The predicted molar refractivity (Wildman–Crippen MR) is 99.0 cm³/mol. The molecule has 6 nitrogen and oxygen atoms in total. The Hall–Kier alpha value is -2.89. The summed E-state index contributed by atoms with van der Waals surface area (Å²) in [5.41, 5.74) is 2.04. The standard InChI is InChI=1S/C20H23N3O3/c1-2-17-16(8-9-18(24)22-17)20(26)21-15-12-19(25)23(13-15)11-10-14-6-4-3-5-7-14/h3-9,15H,2,10-13H2,1H3,(H,21,26)(H,22,24). The summed E-state index contributed by atoms with van der Waals surface area (Å²) in [5, 5.41) is 2.92. The first-order chi connectivity index (χ1) is 12.6. The molecule has 1 unspecified atom stereocenters. The van der Waals surface area contributed by atoms with Gasteiger partial charge in [0.25, 0.3) is 5.91 Å². The first-order valence-electron chi connectivity index (χ1n) is 8.91. The summed E-state index contributed by atoms with van der Waals surface area (Å²) < 4.78 is 0. The molecule has 1 aromatic carbocycles. The first kappa shape index (κ1) is 17.9. The van der Waals surface area contributed by atoms with Gasteiger partial charge in [-0.15, -0.1) is 0 Å². The molecule has 0 spiro atoms. The Morgan fingerprint density at radius 3 is 2.69 bits per heavy atom. The molecular formula is C20H23N3O3. The first-order valence-corrected chi connectivity index (χ1v) is 8.91. The molecule has 26 heavy (non-hydrogen) atoms. The van der Waals surface area contributed by atoms with Crippen molar-refractivity contribution in [2.75, 3.05) is 13.1 Å². The Labute approximate surface area is 152 Å². The van der Waals surface area contributed by atoms with Crippen molar-refractivity contribution in [1.82, 2.24) is 15.2 Å². The maximum Gasteiger partial charge on any atom is 0.253 e. The number of hydrogen-bond acceptors (Lipinski definition) is 3. The van der Waals surface area contributed by atoms with Gasteiger partial charge in [-0.25, -0.2) is 0 Å². The lowest BCUT2D eigenvalue weighted by Crippen LogP contribution is -2.38. The largest absolute Gasteiger partial charge is 0.347 e. The molecule has 6 heteroatoms. The Morgan fingerprint density at radius 2 is 1.96 bits per heavy atom. The van der Waals surface area contributed by atoms with Crippen LogP contribution in [0.5, 0.6) is 0 Å². The second kappa shape index (κ2) is 7.99. The molecule has 1 aromatic heterocycles. The van der Waals surface area contributed by atoms with Gasteiger partial charge in [0.1, 0.15) is 0 Å². The van der Waals surface area contributed by atoms with Crippen LogP contribution in [0.3, 0.4) is 0 Å². The van der Waals surface area contributed by atoms with Gasteiger partial charge < -0.3 is 15.2 Å². The fourth-order valence-electron chi connectivity index (χ4n) is 3.27. The number of rotatable bonds is 6. The lowest BCUT2D eigenvalue weighted by molar-refractivity contribution is -0.127. The molecule has 1 aliphatic rings. The quantitative estimate of drug-likeness (QED) is 0.826. The molecule has 1 saturated heterocycles. The van der Waals surface area contributed by atoms with E-state index in [-0.39, 0.29) is 23.4 Å². The van der Waals surface area contributed by atoms with E-state index in [0.29, 0.717) is 37.2 Å². The lowest BCUT2D eigenvalue weighted by Gasteiger charge is -2.17. The number of likely N-dealkylation sites (tertiary alicyclic amines) is 1. The van der Waals surface area contributed by atoms with Crippen LogP contribution in [0.4, 0.5) is 0 Å². The number of pyridine rings is 1. The van der Waals surface area contributed by atoms with Gasteiger partial charge in [-0.2, -0.15) is 0 Å². The van der Waals surface area contributed by atoms with Gasteiger partial charge in [0.05, 0.1) is 11.6 Å². The highest BCUT2D eigenvalue weighted by atomic mass is 16.2. The minimum absolute atomic E-state index is 0.0587. The fourth-order valence-corrected chi connectivity index (χ4v) is 3.27. The van der Waals surface area contributed by atoms with Crippen LogP contribution in [0, 0.1) is 0 Å². The summed E-state index contributed by atoms with van der Waals surface area (Å²) in [4.78, 5) is 40.6. The number of benzene rings is 1. The summed E-state index contributed by atoms with van der Waals surface area (Å²) in [6.07, 6.45) is 1.67. The van der Waals surface area contributed by atoms with Crippen molar-refractivity contribution in [2.45, 2.75) is 32.2 Å². The average molecular weight is 353 g/mol. The number of carbonyl (C=O) groups is 2. The second-order valence-corrected chi connectivity index (χ2v) is 6.52. The normalized spacial score (nSPS) is 16.7. The second-order valence-electron chi connectivity index (χ2n) is 6.52. The molecular weight excluding hydrogens is 330 g/mol. The third kappa shape index (κ3) is 4.20. The predicted octanol–water partition coefficient (Wildman–Crippen LogP) is 1.51. The highest BCUT2D eigenvalue weighted by molar-refractivity contribution is 5.96. The zero-order chi connectivity index (χ0) is 18.5. The van der Waals surface area contributed by atoms with Crippen LogP contribution in [0.25, 0.3) is 0 Å². The number of amides is 2. The van der Waals surface area contributed by atoms with Gasteiger partial charge >= 0.3 is 0 Å². The SMILES string of the molecule is CCc1[nH]c(=O)ccc1C(=O)NC1CC(=O)N(CCc2ccccc2)C1. The van der Waals surface area contributed by atoms with E-state index < -0.39 is 0 Å². The van der Waals surface area contributed by atoms with E-state index in [1.165, 1.54) is 17.7 Å². The summed E-state index contributed by atoms with van der Waals surface area (Å²) >= 11 is 0. The number of H-pyrrole nitrogens is 1. The van der Waals surface area contributed by atoms with Crippen LogP contribution in [-0.4, -0.2) is 40.8 Å². The number of aromatic amines is 1. The summed E-state index contributed by atoms with van der Waals surface area (Å²) in [6.45, 7) is 3.04. The van der Waals surface area contributed by atoms with Crippen LogP contribution >= 0.6 is 0 Å². The van der Waals surface area contributed by atoms with Gasteiger partial charge in [-0.3, -0.25) is 14.4 Å². The van der Waals surface area contributed by atoms with E-state index in [0.717, 1.165) is 6.42 Å². The van der Waals surface area contributed by atoms with E-state index in [4.69, 9.17) is 0 Å². The molecule has 136 valence electrons. The Balaban J connectivity index is 1.59. The number of carbonyl (C=O) groups excluding carboxylic acids is 2. The van der Waals surface area contributed by atoms with Crippen LogP contribution in [0.2, 0.25) is 0 Å². The van der Waals surface area contributed by atoms with Crippen LogP contribution in [-0.2, 0) is 17.6 Å². The minimum atomic E-state index is -0.249. The van der Waals surface area contributed by atoms with Crippen molar-refractivity contribution >= 4 is 11.8 Å². The Morgan fingerprint density at radius 1 is 1.19 bits per heavy atom. The van der Waals surface area contributed by atoms with E-state index in [2.05, 4.69) is 10.3 Å².